The van der Waals surface area contributed by atoms with Gasteiger partial charge in [0, 0.05) is 17.3 Å². The molecule has 8 nitrogen and oxygen atoms in total. The summed E-state index contributed by atoms with van der Waals surface area (Å²) >= 11 is 0. The number of hydrogen-bond donors (Lipinski definition) is 3. The van der Waals surface area contributed by atoms with Crippen molar-refractivity contribution in [1.29, 1.82) is 0 Å². The summed E-state index contributed by atoms with van der Waals surface area (Å²) in [4.78, 5) is 49.6. The summed E-state index contributed by atoms with van der Waals surface area (Å²) in [6.45, 7) is 0. The van der Waals surface area contributed by atoms with Crippen LogP contribution in [0.3, 0.4) is 0 Å². The first-order chi connectivity index (χ1) is 17.6. The van der Waals surface area contributed by atoms with Crippen LogP contribution in [-0.2, 0) is 0 Å². The summed E-state index contributed by atoms with van der Waals surface area (Å²) in [5.41, 5.74) is 7.35. The number of amides is 3. The number of rotatable bonds is 3. The molecular formula is C28H17N5O3. The van der Waals surface area contributed by atoms with Crippen molar-refractivity contribution in [3.8, 4) is 22.5 Å². The minimum atomic E-state index is -0.494. The Labute approximate surface area is 204 Å². The van der Waals surface area contributed by atoms with Gasteiger partial charge in [0.05, 0.1) is 34.4 Å². The van der Waals surface area contributed by atoms with Gasteiger partial charge in [0.1, 0.15) is 5.82 Å². The molecule has 0 radical (unpaired) electrons. The van der Waals surface area contributed by atoms with E-state index in [0.29, 0.717) is 5.56 Å². The highest BCUT2D eigenvalue weighted by Crippen LogP contribution is 2.47. The third-order valence-electron chi connectivity index (χ3n) is 6.76. The number of hydrogen-bond acceptors (Lipinski definition) is 5. The minimum absolute atomic E-state index is 0.210. The van der Waals surface area contributed by atoms with Gasteiger partial charge in [-0.1, -0.05) is 42.5 Å². The van der Waals surface area contributed by atoms with Crippen LogP contribution in [0.5, 0.6) is 0 Å². The van der Waals surface area contributed by atoms with E-state index in [0.717, 1.165) is 44.7 Å². The summed E-state index contributed by atoms with van der Waals surface area (Å²) in [5, 5.41) is 5.39. The van der Waals surface area contributed by atoms with Gasteiger partial charge >= 0.3 is 0 Å². The Morgan fingerprint density at radius 1 is 0.833 bits per heavy atom. The molecule has 2 aromatic heterocycles. The van der Waals surface area contributed by atoms with Crippen molar-refractivity contribution in [1.82, 2.24) is 25.6 Å². The quantitative estimate of drug-likeness (QED) is 0.344. The number of imidazole rings is 1. The molecule has 7 rings (SSSR count). The predicted molar refractivity (Wildman–Crippen MR) is 132 cm³/mol. The zero-order valence-electron chi connectivity index (χ0n) is 18.7. The van der Waals surface area contributed by atoms with Crippen LogP contribution < -0.4 is 10.6 Å². The Morgan fingerprint density at radius 3 is 2.53 bits per heavy atom. The van der Waals surface area contributed by atoms with Crippen LogP contribution in [0.4, 0.5) is 0 Å². The molecule has 5 aromatic rings. The highest BCUT2D eigenvalue weighted by molar-refractivity contribution is 6.22. The maximum absolute atomic E-state index is 13.3. The van der Waals surface area contributed by atoms with Crippen LogP contribution in [0, 0.1) is 0 Å². The molecule has 3 heterocycles. The van der Waals surface area contributed by atoms with Crippen LogP contribution in [-0.4, -0.2) is 32.7 Å². The van der Waals surface area contributed by atoms with E-state index in [4.69, 9.17) is 4.98 Å². The highest BCUT2D eigenvalue weighted by atomic mass is 16.2. The van der Waals surface area contributed by atoms with Gasteiger partial charge in [-0.3, -0.25) is 24.7 Å². The molecular weight excluding hydrogens is 454 g/mol. The van der Waals surface area contributed by atoms with E-state index in [2.05, 4.69) is 20.6 Å². The van der Waals surface area contributed by atoms with Crippen LogP contribution in [0.2, 0.25) is 0 Å². The molecule has 0 spiro atoms. The number of fused-ring (bicyclic) bond motifs is 5. The molecule has 0 fully saturated rings. The summed E-state index contributed by atoms with van der Waals surface area (Å²) in [6, 6.07) is 19.9. The van der Waals surface area contributed by atoms with Gasteiger partial charge in [0.25, 0.3) is 17.7 Å². The fourth-order valence-electron chi connectivity index (χ4n) is 5.12. The Balaban J connectivity index is 1.31. The molecule has 172 valence electrons. The lowest BCUT2D eigenvalue weighted by Crippen LogP contribution is -2.28. The van der Waals surface area contributed by atoms with Crippen molar-refractivity contribution < 1.29 is 14.4 Å². The van der Waals surface area contributed by atoms with Gasteiger partial charge in [0.15, 0.2) is 0 Å². The number of carbonyl (C=O) groups excluding carboxylic acids is 3. The van der Waals surface area contributed by atoms with Crippen LogP contribution in [0.1, 0.15) is 48.2 Å². The first-order valence-corrected chi connectivity index (χ1v) is 11.4. The molecule has 8 heteroatoms. The zero-order chi connectivity index (χ0) is 24.4. The fraction of sp³-hybridized carbons (Fsp3) is 0.0357. The van der Waals surface area contributed by atoms with Crippen molar-refractivity contribution in [2.24, 2.45) is 0 Å². The number of aromatic amines is 1. The molecule has 3 amide bonds. The molecule has 3 aromatic carbocycles. The van der Waals surface area contributed by atoms with Crippen LogP contribution in [0.25, 0.3) is 33.5 Å². The third-order valence-corrected chi connectivity index (χ3v) is 6.76. The average Bonchev–Trinajstić information content (AvgIpc) is 3.56. The van der Waals surface area contributed by atoms with E-state index in [1.165, 1.54) is 12.1 Å². The number of carbonyl (C=O) groups is 3. The maximum Gasteiger partial charge on any atom is 0.258 e. The normalized spacial score (nSPS) is 15.4. The molecule has 0 saturated carbocycles. The van der Waals surface area contributed by atoms with E-state index < -0.39 is 17.9 Å². The van der Waals surface area contributed by atoms with Gasteiger partial charge in [-0.25, -0.2) is 4.98 Å². The van der Waals surface area contributed by atoms with E-state index in [-0.39, 0.29) is 17.0 Å². The number of benzene rings is 3. The summed E-state index contributed by atoms with van der Waals surface area (Å²) in [5.74, 6) is -0.551. The van der Waals surface area contributed by atoms with Crippen molar-refractivity contribution >= 4 is 28.8 Å². The lowest BCUT2D eigenvalue weighted by Gasteiger charge is -2.16. The maximum atomic E-state index is 13.3. The second-order valence-corrected chi connectivity index (χ2v) is 8.79. The van der Waals surface area contributed by atoms with Crippen molar-refractivity contribution in [2.75, 3.05) is 0 Å². The van der Waals surface area contributed by atoms with Crippen LogP contribution >= 0.6 is 0 Å². The molecule has 2 aliphatic rings. The highest BCUT2D eigenvalue weighted by Gasteiger charge is 2.33. The third kappa shape index (κ3) is 2.91. The predicted octanol–water partition coefficient (Wildman–Crippen LogP) is 4.01. The molecule has 0 bridgehead atoms. The van der Waals surface area contributed by atoms with Gasteiger partial charge in [-0.15, -0.1) is 0 Å². The van der Waals surface area contributed by atoms with Crippen LogP contribution in [0.15, 0.2) is 79.1 Å². The molecule has 1 aliphatic carbocycles. The van der Waals surface area contributed by atoms with E-state index >= 15 is 0 Å². The van der Waals surface area contributed by atoms with Crippen molar-refractivity contribution in [3.63, 3.8) is 0 Å². The van der Waals surface area contributed by atoms with Gasteiger partial charge in [-0.05, 0) is 46.5 Å². The number of aromatic nitrogens is 3. The molecule has 1 unspecified atom stereocenters. The standard InChI is InChI=1S/C28H17N5O3/c34-26(14-8-9-17-20(12-14)28(36)33-27(17)35)32-24-16-5-2-1-4-15(16)23-18(24)6-3-7-19(23)25-30-21-10-11-29-13-22(21)31-25/h1-13,24H,(H,30,31)(H,32,34)(H,33,35,36). The van der Waals surface area contributed by atoms with E-state index in [1.54, 1.807) is 18.5 Å². The Hall–Kier alpha value is -5.11. The van der Waals surface area contributed by atoms with E-state index in [9.17, 15) is 14.4 Å². The average molecular weight is 471 g/mol. The Kier molecular flexibility index (Phi) is 4.19. The number of H-pyrrole nitrogens is 1. The second-order valence-electron chi connectivity index (χ2n) is 8.79. The number of pyridine rings is 1. The monoisotopic (exact) mass is 471 g/mol. The SMILES string of the molecule is O=C(NC1c2ccccc2-c2c(-c3nc4ccncc4[nH]3)cccc21)c1ccc2c(c1)C(=O)NC2=O. The lowest BCUT2D eigenvalue weighted by atomic mass is 9.98. The number of nitrogens with one attached hydrogen (secondary N) is 3. The smallest absolute Gasteiger partial charge is 0.258 e. The van der Waals surface area contributed by atoms with Crippen molar-refractivity contribution in [3.05, 3.63) is 107 Å². The first kappa shape index (κ1) is 20.3. The minimum Gasteiger partial charge on any atom is -0.341 e. The Bertz CT molecular complexity index is 1740. The summed E-state index contributed by atoms with van der Waals surface area (Å²) in [7, 11) is 0. The molecule has 1 atom stereocenters. The topological polar surface area (TPSA) is 117 Å². The second kappa shape index (κ2) is 7.44. The number of imide groups is 1. The lowest BCUT2D eigenvalue weighted by molar-refractivity contribution is 0.0878. The molecule has 1 aliphatic heterocycles. The first-order valence-electron chi connectivity index (χ1n) is 11.4. The van der Waals surface area contributed by atoms with Crippen molar-refractivity contribution in [2.45, 2.75) is 6.04 Å². The fourth-order valence-corrected chi connectivity index (χ4v) is 5.12. The molecule has 36 heavy (non-hydrogen) atoms. The zero-order valence-corrected chi connectivity index (χ0v) is 18.7. The van der Waals surface area contributed by atoms with E-state index in [1.807, 2.05) is 48.5 Å². The summed E-state index contributed by atoms with van der Waals surface area (Å²) < 4.78 is 0. The largest absolute Gasteiger partial charge is 0.341 e. The molecule has 0 saturated heterocycles. The Morgan fingerprint density at radius 2 is 1.64 bits per heavy atom. The summed E-state index contributed by atoms with van der Waals surface area (Å²) in [6.07, 6.45) is 3.46. The number of nitrogens with zero attached hydrogens (tertiary/aromatic N) is 2. The molecule has 3 N–H and O–H groups in total. The van der Waals surface area contributed by atoms with Gasteiger partial charge < -0.3 is 10.3 Å². The van der Waals surface area contributed by atoms with Gasteiger partial charge in [0.2, 0.25) is 0 Å². The van der Waals surface area contributed by atoms with Gasteiger partial charge in [-0.2, -0.15) is 0 Å².